The molecule has 6 rings (SSSR count). The van der Waals surface area contributed by atoms with Gasteiger partial charge in [-0.3, -0.25) is 29.4 Å². The van der Waals surface area contributed by atoms with E-state index in [0.717, 1.165) is 28.1 Å². The van der Waals surface area contributed by atoms with Crippen LogP contribution in [-0.4, -0.2) is 51.4 Å². The lowest BCUT2D eigenvalue weighted by Gasteiger charge is -2.10. The number of hydrogen-bond acceptors (Lipinski definition) is 8. The van der Waals surface area contributed by atoms with Crippen molar-refractivity contribution >= 4 is 63.5 Å². The molecular formula is C42H39Cl2N9O6. The summed E-state index contributed by atoms with van der Waals surface area (Å²) >= 11 is 12.2. The van der Waals surface area contributed by atoms with E-state index in [1.54, 1.807) is 53.2 Å². The fourth-order valence-electron chi connectivity index (χ4n) is 6.92. The lowest BCUT2D eigenvalue weighted by Crippen LogP contribution is -2.24. The molecule has 17 heteroatoms. The van der Waals surface area contributed by atoms with Gasteiger partial charge in [0.15, 0.2) is 11.6 Å². The van der Waals surface area contributed by atoms with Crippen LogP contribution in [0.25, 0.3) is 15.9 Å². The number of nitrogens with two attached hydrogens (primary N) is 3. The Morgan fingerprint density at radius 1 is 0.746 bits per heavy atom. The summed E-state index contributed by atoms with van der Waals surface area (Å²) in [5.41, 5.74) is 16.9. The number of primary amides is 2. The second-order valence-electron chi connectivity index (χ2n) is 12.9. The molecule has 0 bridgehead atoms. The van der Waals surface area contributed by atoms with Crippen molar-refractivity contribution < 1.29 is 28.7 Å². The Bertz CT molecular complexity index is 2680. The van der Waals surface area contributed by atoms with Crippen molar-refractivity contribution in [2.24, 2.45) is 27.6 Å². The number of carbonyl (C=O) groups is 4. The van der Waals surface area contributed by atoms with E-state index in [-0.39, 0.29) is 30.3 Å². The molecule has 6 aromatic rings. The largest absolute Gasteiger partial charge is 0.483 e. The highest BCUT2D eigenvalue weighted by Crippen LogP contribution is 2.35. The summed E-state index contributed by atoms with van der Waals surface area (Å²) in [6.45, 7) is 10.3. The van der Waals surface area contributed by atoms with Gasteiger partial charge in [0.1, 0.15) is 12.4 Å². The molecule has 4 heterocycles. The van der Waals surface area contributed by atoms with Crippen LogP contribution in [0.2, 0.25) is 10.0 Å². The molecule has 0 fully saturated rings. The Morgan fingerprint density at radius 2 is 1.20 bits per heavy atom. The molecule has 0 aliphatic rings. The molecule has 4 aromatic heterocycles. The van der Waals surface area contributed by atoms with Crippen LogP contribution in [0.1, 0.15) is 68.2 Å². The topological polar surface area (TPSA) is 227 Å². The zero-order chi connectivity index (χ0) is 42.8. The first-order valence-corrected chi connectivity index (χ1v) is 18.8. The number of amides is 2. The summed E-state index contributed by atoms with van der Waals surface area (Å²) in [7, 11) is 0. The van der Waals surface area contributed by atoms with Crippen LogP contribution in [0, 0.1) is 12.0 Å². The fraction of sp³-hybridized carbons (Fsp3) is 0.190. The summed E-state index contributed by atoms with van der Waals surface area (Å²) in [6, 6.07) is 21.7. The Labute approximate surface area is 348 Å². The summed E-state index contributed by atoms with van der Waals surface area (Å²) in [5, 5.41) is 15.4. The molecule has 0 spiro atoms. The minimum absolute atomic E-state index is 0.189. The second kappa shape index (κ2) is 19.4. The summed E-state index contributed by atoms with van der Waals surface area (Å²) in [6.07, 6.45) is 5.57. The predicted octanol–water partition coefficient (Wildman–Crippen LogP) is 6.77. The molecular weight excluding hydrogens is 797 g/mol. The number of hydrogen-bond donors (Lipinski definition) is 4. The van der Waals surface area contributed by atoms with Crippen molar-refractivity contribution in [3.8, 4) is 11.5 Å². The first-order chi connectivity index (χ1) is 28.3. The van der Waals surface area contributed by atoms with E-state index in [0.29, 0.717) is 63.8 Å². The van der Waals surface area contributed by atoms with Gasteiger partial charge in [0.25, 0.3) is 23.4 Å². The zero-order valence-electron chi connectivity index (χ0n) is 32.0. The third-order valence-electron chi connectivity index (χ3n) is 9.23. The van der Waals surface area contributed by atoms with Gasteiger partial charge in [-0.2, -0.15) is 0 Å². The van der Waals surface area contributed by atoms with Gasteiger partial charge in [0.05, 0.1) is 22.2 Å². The Kier molecular flexibility index (Phi) is 14.2. The number of pyridine rings is 2. The van der Waals surface area contributed by atoms with Crippen LogP contribution in [0.4, 0.5) is 0 Å². The van der Waals surface area contributed by atoms with Crippen LogP contribution in [0.5, 0.6) is 11.5 Å². The van der Waals surface area contributed by atoms with Crippen LogP contribution in [0.15, 0.2) is 95.5 Å². The first kappa shape index (κ1) is 43.1. The SMILES string of the molecule is CCc1c(C(=O)C(N)=O)c2c(OCC(=N)N=NN)cccn2c1Cc1cccc(Cl)c1.[C-]#[N+]COc1cccn2c(Cc3cccc(Cl)c3)c(CC)c(C(=O)C(N)=O)c12. The van der Waals surface area contributed by atoms with Gasteiger partial charge in [-0.25, -0.2) is 6.57 Å². The number of amidine groups is 1. The smallest absolute Gasteiger partial charge is 0.357 e. The minimum atomic E-state index is -1.06. The van der Waals surface area contributed by atoms with Crippen molar-refractivity contribution in [3.05, 3.63) is 151 Å². The van der Waals surface area contributed by atoms with Crippen LogP contribution in [-0.2, 0) is 35.3 Å². The number of ketones is 2. The molecule has 0 aliphatic carbocycles. The third-order valence-corrected chi connectivity index (χ3v) is 9.70. The van der Waals surface area contributed by atoms with Gasteiger partial charge >= 0.3 is 6.73 Å². The molecule has 2 amide bonds. The van der Waals surface area contributed by atoms with Crippen molar-refractivity contribution in [2.75, 3.05) is 13.3 Å². The number of ether oxygens (including phenoxy) is 2. The summed E-state index contributed by atoms with van der Waals surface area (Å²) in [4.78, 5) is 52.2. The van der Waals surface area contributed by atoms with Gasteiger partial charge in [0.2, 0.25) is 0 Å². The average Bonchev–Trinajstić information content (AvgIpc) is 3.71. The van der Waals surface area contributed by atoms with E-state index in [1.165, 1.54) is 0 Å². The Balaban J connectivity index is 0.000000225. The number of benzene rings is 2. The highest BCUT2D eigenvalue weighted by Gasteiger charge is 2.29. The minimum Gasteiger partial charge on any atom is -0.483 e. The van der Waals surface area contributed by atoms with E-state index in [1.807, 2.05) is 54.6 Å². The normalized spacial score (nSPS) is 10.9. The maximum Gasteiger partial charge on any atom is 0.357 e. The highest BCUT2D eigenvalue weighted by atomic mass is 35.5. The number of Topliss-reactive ketones (excluding diaryl/α,β-unsaturated/α-hetero) is 2. The monoisotopic (exact) mass is 835 g/mol. The maximum atomic E-state index is 12.8. The molecule has 302 valence electrons. The molecule has 0 radical (unpaired) electrons. The van der Waals surface area contributed by atoms with Gasteiger partial charge in [-0.15, -0.1) is 5.11 Å². The molecule has 0 atom stereocenters. The summed E-state index contributed by atoms with van der Waals surface area (Å²) < 4.78 is 14.9. The average molecular weight is 837 g/mol. The molecule has 7 N–H and O–H groups in total. The quantitative estimate of drug-likeness (QED) is 0.0127. The molecule has 0 saturated carbocycles. The van der Waals surface area contributed by atoms with Crippen LogP contribution >= 0.6 is 23.2 Å². The van der Waals surface area contributed by atoms with Crippen molar-refractivity contribution in [2.45, 2.75) is 39.5 Å². The molecule has 0 aliphatic heterocycles. The number of nitrogens with zero attached hydrogens (tertiary/aromatic N) is 5. The van der Waals surface area contributed by atoms with Crippen molar-refractivity contribution in [1.29, 1.82) is 5.41 Å². The molecule has 0 unspecified atom stereocenters. The maximum absolute atomic E-state index is 12.8. The summed E-state index contributed by atoms with van der Waals surface area (Å²) in [5.74, 6) is 1.75. The predicted molar refractivity (Wildman–Crippen MR) is 223 cm³/mol. The number of nitrogens with one attached hydrogen (secondary N) is 1. The van der Waals surface area contributed by atoms with E-state index < -0.39 is 23.4 Å². The molecule has 2 aromatic carbocycles. The number of carbonyl (C=O) groups excluding carboxylic acids is 4. The lowest BCUT2D eigenvalue weighted by molar-refractivity contribution is -0.114. The molecule has 59 heavy (non-hydrogen) atoms. The standard InChI is InChI=1S/C21H21ClN6O3.C21H18ClN3O3/c1-2-14-15(10-12-5-3-6-13(22)9-12)28-8-4-7-16(31-11-17(23)26-27-25)19(28)18(14)20(29)21(24)30;1-3-15-16(11-13-6-4-7-14(22)10-13)25-9-5-8-17(28-12-24-2)19(25)18(15)20(26)21(23)27/h3-9H,2,10-11H2,1H3,(H2,24,30)(H3,23,25,26);4-10H,3,11-12H2,1H3,(H2,23,27). The zero-order valence-corrected chi connectivity index (χ0v) is 33.5. The number of halogens is 2. The van der Waals surface area contributed by atoms with E-state index >= 15 is 0 Å². The van der Waals surface area contributed by atoms with Gasteiger partial charge in [0, 0.05) is 46.7 Å². The third kappa shape index (κ3) is 9.58. The lowest BCUT2D eigenvalue weighted by atomic mass is 9.99. The van der Waals surface area contributed by atoms with Gasteiger partial charge in [-0.1, -0.05) is 66.5 Å². The van der Waals surface area contributed by atoms with Crippen molar-refractivity contribution in [1.82, 2.24) is 8.80 Å². The van der Waals surface area contributed by atoms with Crippen LogP contribution in [0.3, 0.4) is 0 Å². The molecule has 15 nitrogen and oxygen atoms in total. The highest BCUT2D eigenvalue weighted by molar-refractivity contribution is 6.45. The first-order valence-electron chi connectivity index (χ1n) is 18.1. The number of aromatic nitrogens is 2. The number of rotatable bonds is 15. The van der Waals surface area contributed by atoms with Gasteiger partial charge < -0.3 is 35.6 Å². The van der Waals surface area contributed by atoms with E-state index in [2.05, 4.69) is 15.2 Å². The van der Waals surface area contributed by atoms with E-state index in [9.17, 15) is 19.2 Å². The second-order valence-corrected chi connectivity index (χ2v) is 13.7. The molecule has 0 saturated heterocycles. The van der Waals surface area contributed by atoms with Crippen molar-refractivity contribution in [3.63, 3.8) is 0 Å². The van der Waals surface area contributed by atoms with Crippen LogP contribution < -0.4 is 26.8 Å². The van der Waals surface area contributed by atoms with Gasteiger partial charge in [-0.05, 0) is 83.6 Å². The van der Waals surface area contributed by atoms with E-state index in [4.69, 9.17) is 62.0 Å². The number of fused-ring (bicyclic) bond motifs is 2. The fourth-order valence-corrected chi connectivity index (χ4v) is 7.35. The Hall–Kier alpha value is -7.02. The Morgan fingerprint density at radius 3 is 1.59 bits per heavy atom.